The van der Waals surface area contributed by atoms with E-state index in [-0.39, 0.29) is 12.6 Å². The molecule has 0 bridgehead atoms. The number of thiophene rings is 1. The Morgan fingerprint density at radius 2 is 2.22 bits per heavy atom. The average molecular weight is 379 g/mol. The minimum absolute atomic E-state index is 0.000669. The highest BCUT2D eigenvalue weighted by atomic mass is 127. The number of amides is 1. The van der Waals surface area contributed by atoms with Gasteiger partial charge in [-0.1, -0.05) is 13.8 Å². The first-order valence-corrected chi connectivity index (χ1v) is 7.91. The second-order valence-corrected chi connectivity index (χ2v) is 8.27. The molecule has 0 spiro atoms. The maximum atomic E-state index is 12.1. The molecule has 1 aliphatic rings. The van der Waals surface area contributed by atoms with Gasteiger partial charge in [-0.25, -0.2) is 0 Å². The van der Waals surface area contributed by atoms with E-state index in [1.165, 1.54) is 14.0 Å². The first kappa shape index (κ1) is 14.3. The van der Waals surface area contributed by atoms with Crippen LogP contribution in [-0.4, -0.2) is 19.7 Å². The third kappa shape index (κ3) is 2.88. The van der Waals surface area contributed by atoms with E-state index in [1.54, 1.807) is 18.4 Å². The van der Waals surface area contributed by atoms with Crippen LogP contribution in [0.1, 0.15) is 41.1 Å². The zero-order valence-corrected chi connectivity index (χ0v) is 13.9. The zero-order valence-electron chi connectivity index (χ0n) is 10.9. The van der Waals surface area contributed by atoms with Gasteiger partial charge >= 0.3 is 0 Å². The minimum atomic E-state index is 0.000669. The molecule has 0 atom stereocenters. The predicted molar refractivity (Wildman–Crippen MR) is 82.2 cm³/mol. The van der Waals surface area contributed by atoms with Crippen molar-refractivity contribution in [2.24, 2.45) is 5.41 Å². The lowest BCUT2D eigenvalue weighted by Crippen LogP contribution is -2.27. The minimum Gasteiger partial charge on any atom is -0.364 e. The highest BCUT2D eigenvalue weighted by Crippen LogP contribution is 2.41. The van der Waals surface area contributed by atoms with E-state index >= 15 is 0 Å². The van der Waals surface area contributed by atoms with Crippen molar-refractivity contribution in [2.75, 3.05) is 13.8 Å². The molecule has 1 aromatic heterocycles. The van der Waals surface area contributed by atoms with Gasteiger partial charge in [0.1, 0.15) is 6.73 Å². The van der Waals surface area contributed by atoms with E-state index in [0.29, 0.717) is 5.41 Å². The fourth-order valence-corrected chi connectivity index (χ4v) is 4.53. The van der Waals surface area contributed by atoms with Crippen molar-refractivity contribution in [2.45, 2.75) is 33.1 Å². The Balaban J connectivity index is 2.27. The number of ether oxygens (including phenoxy) is 1. The molecule has 2 rings (SSSR count). The van der Waals surface area contributed by atoms with E-state index in [0.717, 1.165) is 24.1 Å². The summed E-state index contributed by atoms with van der Waals surface area (Å²) in [6.07, 6.45) is 3.24. The SMILES string of the molecule is COCNC(=O)c1sc(I)c2c1CCC(C)(C)C2. The normalized spacial score (nSPS) is 17.3. The standard InChI is InChI=1S/C13H18INO2S/c1-13(2)5-4-8-9(6-13)11(14)18-10(8)12(16)15-7-17-3/h4-7H2,1-3H3,(H,15,16). The molecule has 0 aliphatic heterocycles. The fraction of sp³-hybridized carbons (Fsp3) is 0.615. The number of fused-ring (bicyclic) bond motifs is 1. The van der Waals surface area contributed by atoms with Crippen LogP contribution in [0.3, 0.4) is 0 Å². The van der Waals surface area contributed by atoms with Crippen molar-refractivity contribution in [3.05, 3.63) is 18.9 Å². The second kappa shape index (κ2) is 5.46. The number of nitrogens with one attached hydrogen (secondary N) is 1. The Bertz CT molecular complexity index is 468. The summed E-state index contributed by atoms with van der Waals surface area (Å²) < 4.78 is 6.15. The molecule has 1 N–H and O–H groups in total. The van der Waals surface area contributed by atoms with Gasteiger partial charge in [0.05, 0.1) is 7.76 Å². The molecule has 0 saturated heterocycles. The van der Waals surface area contributed by atoms with Crippen molar-refractivity contribution in [1.82, 2.24) is 5.32 Å². The number of methoxy groups -OCH3 is 1. The third-order valence-corrected chi connectivity index (χ3v) is 5.73. The Kier molecular flexibility index (Phi) is 4.33. The highest BCUT2D eigenvalue weighted by molar-refractivity contribution is 14.1. The summed E-state index contributed by atoms with van der Waals surface area (Å²) in [5.41, 5.74) is 3.01. The third-order valence-electron chi connectivity index (χ3n) is 3.36. The van der Waals surface area contributed by atoms with Crippen molar-refractivity contribution in [3.8, 4) is 0 Å². The molecule has 100 valence electrons. The van der Waals surface area contributed by atoms with E-state index in [2.05, 4.69) is 41.8 Å². The first-order chi connectivity index (χ1) is 8.44. The highest BCUT2D eigenvalue weighted by Gasteiger charge is 2.31. The summed E-state index contributed by atoms with van der Waals surface area (Å²) in [5, 5.41) is 2.78. The molecule has 1 aliphatic carbocycles. The summed E-state index contributed by atoms with van der Waals surface area (Å²) in [6, 6.07) is 0. The molecule has 0 radical (unpaired) electrons. The number of halogens is 1. The lowest BCUT2D eigenvalue weighted by molar-refractivity contribution is 0.0875. The van der Waals surface area contributed by atoms with Crippen LogP contribution in [0.25, 0.3) is 0 Å². The van der Waals surface area contributed by atoms with Crippen LogP contribution in [0.2, 0.25) is 0 Å². The number of hydrogen-bond acceptors (Lipinski definition) is 3. The quantitative estimate of drug-likeness (QED) is 0.647. The molecule has 3 nitrogen and oxygen atoms in total. The number of carbonyl (C=O) groups is 1. The summed E-state index contributed by atoms with van der Waals surface area (Å²) in [4.78, 5) is 12.9. The Labute approximate surface area is 125 Å². The summed E-state index contributed by atoms with van der Waals surface area (Å²) >= 11 is 3.97. The number of hydrogen-bond donors (Lipinski definition) is 1. The van der Waals surface area contributed by atoms with Crippen molar-refractivity contribution < 1.29 is 9.53 Å². The molecule has 1 aromatic rings. The van der Waals surface area contributed by atoms with Crippen LogP contribution in [0.5, 0.6) is 0 Å². The average Bonchev–Trinajstić information content (AvgIpc) is 2.62. The number of carbonyl (C=O) groups excluding carboxylic acids is 1. The van der Waals surface area contributed by atoms with Crippen LogP contribution in [-0.2, 0) is 17.6 Å². The molecule has 0 saturated carbocycles. The fourth-order valence-electron chi connectivity index (χ4n) is 2.34. The van der Waals surface area contributed by atoms with E-state index in [9.17, 15) is 4.79 Å². The molecular formula is C13H18INO2S. The summed E-state index contributed by atoms with van der Waals surface area (Å²) in [6.45, 7) is 4.87. The maximum Gasteiger partial charge on any atom is 0.263 e. The van der Waals surface area contributed by atoms with E-state index in [1.807, 2.05) is 0 Å². The molecule has 18 heavy (non-hydrogen) atoms. The van der Waals surface area contributed by atoms with Crippen LogP contribution >= 0.6 is 33.9 Å². The molecule has 0 aromatic carbocycles. The first-order valence-electron chi connectivity index (χ1n) is 6.02. The largest absolute Gasteiger partial charge is 0.364 e. The van der Waals surface area contributed by atoms with Gasteiger partial charge in [0, 0.05) is 7.11 Å². The molecule has 1 amide bonds. The Morgan fingerprint density at radius 1 is 1.50 bits per heavy atom. The predicted octanol–water partition coefficient (Wildman–Crippen LogP) is 3.20. The van der Waals surface area contributed by atoms with Gasteiger partial charge in [0.25, 0.3) is 5.91 Å². The van der Waals surface area contributed by atoms with Gasteiger partial charge in [0.15, 0.2) is 0 Å². The second-order valence-electron chi connectivity index (χ2n) is 5.44. The molecule has 0 unspecified atom stereocenters. The van der Waals surface area contributed by atoms with Crippen LogP contribution in [0, 0.1) is 8.30 Å². The van der Waals surface area contributed by atoms with Gasteiger partial charge < -0.3 is 10.1 Å². The van der Waals surface area contributed by atoms with Gasteiger partial charge in [-0.2, -0.15) is 0 Å². The van der Waals surface area contributed by atoms with Crippen molar-refractivity contribution in [1.29, 1.82) is 0 Å². The Morgan fingerprint density at radius 3 is 2.89 bits per heavy atom. The molecular weight excluding hydrogens is 361 g/mol. The summed E-state index contributed by atoms with van der Waals surface area (Å²) in [7, 11) is 1.58. The van der Waals surface area contributed by atoms with Gasteiger partial charge in [-0.15, -0.1) is 11.3 Å². The maximum absolute atomic E-state index is 12.1. The molecule has 0 fully saturated rings. The van der Waals surface area contributed by atoms with Crippen LogP contribution in [0.4, 0.5) is 0 Å². The lowest BCUT2D eigenvalue weighted by Gasteiger charge is -2.30. The summed E-state index contributed by atoms with van der Waals surface area (Å²) in [5.74, 6) is 0.000669. The van der Waals surface area contributed by atoms with Crippen molar-refractivity contribution in [3.63, 3.8) is 0 Å². The van der Waals surface area contributed by atoms with Crippen LogP contribution in [0.15, 0.2) is 0 Å². The van der Waals surface area contributed by atoms with Gasteiger partial charge in [-0.05, 0) is 58.4 Å². The van der Waals surface area contributed by atoms with E-state index < -0.39 is 0 Å². The van der Waals surface area contributed by atoms with Crippen LogP contribution < -0.4 is 5.32 Å². The van der Waals surface area contributed by atoms with Gasteiger partial charge in [0.2, 0.25) is 0 Å². The monoisotopic (exact) mass is 379 g/mol. The van der Waals surface area contributed by atoms with Crippen molar-refractivity contribution >= 4 is 39.8 Å². The van der Waals surface area contributed by atoms with Gasteiger partial charge in [-0.3, -0.25) is 4.79 Å². The Hall–Kier alpha value is -0.140. The topological polar surface area (TPSA) is 38.3 Å². The lowest BCUT2D eigenvalue weighted by atomic mass is 9.75. The number of rotatable bonds is 3. The zero-order chi connectivity index (χ0) is 13.3. The molecule has 5 heteroatoms. The smallest absolute Gasteiger partial charge is 0.263 e. The van der Waals surface area contributed by atoms with E-state index in [4.69, 9.17) is 4.74 Å². The molecule has 1 heterocycles.